The molecule has 1 fully saturated rings. The maximum absolute atomic E-state index is 12.6. The van der Waals surface area contributed by atoms with Crippen LogP contribution in [0.25, 0.3) is 11.3 Å². The van der Waals surface area contributed by atoms with E-state index in [1.54, 1.807) is 14.2 Å². The highest BCUT2D eigenvalue weighted by Crippen LogP contribution is 2.54. The molecular formula is C23H27BrN2O6. The highest BCUT2D eigenvalue weighted by Gasteiger charge is 2.46. The lowest BCUT2D eigenvalue weighted by molar-refractivity contribution is 0.0694. The molecular weight excluding hydrogens is 480 g/mol. The van der Waals surface area contributed by atoms with Gasteiger partial charge in [-0.15, -0.1) is 0 Å². The van der Waals surface area contributed by atoms with Gasteiger partial charge in [-0.1, -0.05) is 0 Å². The summed E-state index contributed by atoms with van der Waals surface area (Å²) >= 11 is 3.77. The molecule has 2 aliphatic rings. The molecule has 1 saturated heterocycles. The van der Waals surface area contributed by atoms with Crippen molar-refractivity contribution >= 4 is 21.9 Å². The van der Waals surface area contributed by atoms with Crippen LogP contribution in [0.4, 0.5) is 0 Å². The number of fused-ring (bicyclic) bond motifs is 6. The zero-order chi connectivity index (χ0) is 23.2. The van der Waals surface area contributed by atoms with Gasteiger partial charge in [0.25, 0.3) is 0 Å². The largest absolute Gasteiger partial charge is 0.493 e. The Kier molecular flexibility index (Phi) is 5.98. The maximum Gasteiger partial charge on any atom is 0.341 e. The first-order valence-corrected chi connectivity index (χ1v) is 11.3. The molecule has 0 bridgehead atoms. The molecule has 172 valence electrons. The summed E-state index contributed by atoms with van der Waals surface area (Å²) in [6.45, 7) is 5.32. The molecule has 0 radical (unpaired) electrons. The number of nitrogens with zero attached hydrogens (tertiary/aromatic N) is 2. The first-order chi connectivity index (χ1) is 15.2. The minimum Gasteiger partial charge on any atom is -0.493 e. The Hall–Kier alpha value is -2.52. The van der Waals surface area contributed by atoms with E-state index in [0.29, 0.717) is 30.4 Å². The predicted octanol–water partition coefficient (Wildman–Crippen LogP) is 3.97. The van der Waals surface area contributed by atoms with Crippen molar-refractivity contribution in [2.45, 2.75) is 44.7 Å². The third-order valence-electron chi connectivity index (χ3n) is 6.23. The molecule has 0 aliphatic carbocycles. The van der Waals surface area contributed by atoms with Crippen LogP contribution >= 0.6 is 15.9 Å². The van der Waals surface area contributed by atoms with Crippen LogP contribution in [-0.4, -0.2) is 48.7 Å². The summed E-state index contributed by atoms with van der Waals surface area (Å²) in [7, 11) is 3.23. The second-order valence-corrected chi connectivity index (χ2v) is 9.47. The Balaban J connectivity index is 1.94. The molecule has 0 spiro atoms. The van der Waals surface area contributed by atoms with Gasteiger partial charge >= 0.3 is 5.97 Å². The number of ether oxygens (including phenoxy) is 3. The Morgan fingerprint density at radius 2 is 2.03 bits per heavy atom. The van der Waals surface area contributed by atoms with Crippen LogP contribution in [-0.2, 0) is 4.74 Å². The molecule has 3 heterocycles. The van der Waals surface area contributed by atoms with Gasteiger partial charge < -0.3 is 19.3 Å². The van der Waals surface area contributed by atoms with Crippen LogP contribution in [0.2, 0.25) is 0 Å². The molecule has 4 rings (SSSR count). The fourth-order valence-corrected chi connectivity index (χ4v) is 5.53. The second-order valence-electron chi connectivity index (χ2n) is 8.68. The lowest BCUT2D eigenvalue weighted by Gasteiger charge is -2.45. The van der Waals surface area contributed by atoms with Gasteiger partial charge in [-0.3, -0.25) is 14.5 Å². The summed E-state index contributed by atoms with van der Waals surface area (Å²) in [5.74, 6) is -0.0757. The number of methoxy groups -OCH3 is 2. The van der Waals surface area contributed by atoms with Crippen molar-refractivity contribution in [1.82, 2.24) is 4.68 Å². The second kappa shape index (κ2) is 8.44. The topological polar surface area (TPSA) is 90.2 Å². The summed E-state index contributed by atoms with van der Waals surface area (Å²) in [6, 6.07) is 3.26. The van der Waals surface area contributed by atoms with E-state index >= 15 is 0 Å². The number of benzene rings is 1. The normalized spacial score (nSPS) is 18.0. The highest BCUT2D eigenvalue weighted by molar-refractivity contribution is 9.10. The van der Waals surface area contributed by atoms with Crippen molar-refractivity contribution in [3.05, 3.63) is 44.2 Å². The zero-order valence-corrected chi connectivity index (χ0v) is 20.2. The maximum atomic E-state index is 12.6. The van der Waals surface area contributed by atoms with Crippen LogP contribution in [0.3, 0.4) is 0 Å². The van der Waals surface area contributed by atoms with Gasteiger partial charge in [-0.25, -0.2) is 4.79 Å². The van der Waals surface area contributed by atoms with Crippen LogP contribution < -0.4 is 19.9 Å². The van der Waals surface area contributed by atoms with Crippen molar-refractivity contribution < 1.29 is 24.1 Å². The first kappa shape index (κ1) is 22.7. The molecule has 1 aromatic carbocycles. The average Bonchev–Trinajstić information content (AvgIpc) is 3.06. The van der Waals surface area contributed by atoms with Gasteiger partial charge in [-0.05, 0) is 48.7 Å². The lowest BCUT2D eigenvalue weighted by atomic mass is 9.93. The number of aromatic carboxylic acids is 1. The van der Waals surface area contributed by atoms with Gasteiger partial charge in [0.15, 0.2) is 16.9 Å². The van der Waals surface area contributed by atoms with Gasteiger partial charge in [0.05, 0.1) is 35.5 Å². The van der Waals surface area contributed by atoms with Crippen molar-refractivity contribution in [3.8, 4) is 22.8 Å². The van der Waals surface area contributed by atoms with Crippen LogP contribution in [0.5, 0.6) is 11.5 Å². The van der Waals surface area contributed by atoms with Crippen molar-refractivity contribution in [1.29, 1.82) is 0 Å². The Bertz CT molecular complexity index is 1130. The number of halogens is 1. The Labute approximate surface area is 194 Å². The standard InChI is InChI=1S/C23H27BrN2O6/c1-23(2)7-6-15-19-13(10-18(31-4)21(20(19)24)32-9-5-8-30-3)16-11-17(27)14(22(28)29)12-25(16)26(15)23/h10-12,15H,5-9H2,1-4H3,(H,28,29). The number of pyridine rings is 1. The minimum atomic E-state index is -1.23. The minimum absolute atomic E-state index is 0.0155. The fraction of sp³-hybridized carbons (Fsp3) is 0.478. The summed E-state index contributed by atoms with van der Waals surface area (Å²) < 4.78 is 19.4. The van der Waals surface area contributed by atoms with Crippen molar-refractivity contribution in [3.63, 3.8) is 0 Å². The van der Waals surface area contributed by atoms with E-state index in [1.807, 2.05) is 10.7 Å². The molecule has 1 atom stereocenters. The van der Waals surface area contributed by atoms with Crippen LogP contribution in [0.1, 0.15) is 55.1 Å². The molecule has 2 aromatic rings. The number of carbonyl (C=O) groups is 1. The SMILES string of the molecule is COCCCOc1c(OC)cc2c(c1Br)C1CCC(C)(C)N1n1cc(C(=O)O)c(=O)cc1-2. The monoisotopic (exact) mass is 506 g/mol. The molecule has 2 aliphatic heterocycles. The Morgan fingerprint density at radius 1 is 1.28 bits per heavy atom. The summed E-state index contributed by atoms with van der Waals surface area (Å²) in [6.07, 6.45) is 3.97. The molecule has 8 nitrogen and oxygen atoms in total. The lowest BCUT2D eigenvalue weighted by Crippen LogP contribution is -2.50. The van der Waals surface area contributed by atoms with Crippen LogP contribution in [0, 0.1) is 0 Å². The van der Waals surface area contributed by atoms with E-state index in [2.05, 4.69) is 34.8 Å². The van der Waals surface area contributed by atoms with E-state index in [1.165, 1.54) is 12.3 Å². The summed E-state index contributed by atoms with van der Waals surface area (Å²) in [4.78, 5) is 24.3. The molecule has 9 heteroatoms. The summed E-state index contributed by atoms with van der Waals surface area (Å²) in [5.41, 5.74) is 1.46. The van der Waals surface area contributed by atoms with Crippen molar-refractivity contribution in [2.24, 2.45) is 0 Å². The molecule has 1 N–H and O–H groups in total. The number of rotatable bonds is 7. The number of hydrogen-bond donors (Lipinski definition) is 1. The average molecular weight is 507 g/mol. The summed E-state index contributed by atoms with van der Waals surface area (Å²) in [5, 5.41) is 11.7. The van der Waals surface area contributed by atoms with E-state index in [0.717, 1.165) is 34.9 Å². The van der Waals surface area contributed by atoms with Gasteiger partial charge in [0.1, 0.15) is 5.56 Å². The fourth-order valence-electron chi connectivity index (χ4n) is 4.75. The van der Waals surface area contributed by atoms with Gasteiger partial charge in [0, 0.05) is 43.5 Å². The smallest absolute Gasteiger partial charge is 0.341 e. The van der Waals surface area contributed by atoms with Crippen molar-refractivity contribution in [2.75, 3.05) is 32.4 Å². The van der Waals surface area contributed by atoms with Gasteiger partial charge in [0.2, 0.25) is 0 Å². The van der Waals surface area contributed by atoms with E-state index in [-0.39, 0.29) is 17.1 Å². The molecule has 0 amide bonds. The van der Waals surface area contributed by atoms with Gasteiger partial charge in [-0.2, -0.15) is 0 Å². The van der Waals surface area contributed by atoms with E-state index in [4.69, 9.17) is 14.2 Å². The predicted molar refractivity (Wildman–Crippen MR) is 124 cm³/mol. The van der Waals surface area contributed by atoms with E-state index < -0.39 is 11.4 Å². The third kappa shape index (κ3) is 3.57. The number of carboxylic acid groups (broad SMARTS) is 1. The molecule has 32 heavy (non-hydrogen) atoms. The quantitative estimate of drug-likeness (QED) is 0.568. The number of aromatic nitrogens is 1. The third-order valence-corrected chi connectivity index (χ3v) is 7.02. The highest BCUT2D eigenvalue weighted by atomic mass is 79.9. The zero-order valence-electron chi connectivity index (χ0n) is 18.6. The molecule has 1 aromatic heterocycles. The number of carboxylic acids is 1. The first-order valence-electron chi connectivity index (χ1n) is 10.5. The molecule has 0 saturated carbocycles. The Morgan fingerprint density at radius 3 is 2.69 bits per heavy atom. The van der Waals surface area contributed by atoms with Crippen LogP contribution in [0.15, 0.2) is 27.6 Å². The number of hydrogen-bond acceptors (Lipinski definition) is 6. The van der Waals surface area contributed by atoms with E-state index in [9.17, 15) is 14.7 Å². The molecule has 1 unspecified atom stereocenters.